The maximum absolute atomic E-state index is 12.7. The minimum Gasteiger partial charge on any atom is -0.485 e. The zero-order valence-corrected chi connectivity index (χ0v) is 20.4. The number of rotatable bonds is 7. The van der Waals surface area contributed by atoms with E-state index >= 15 is 0 Å². The van der Waals surface area contributed by atoms with Crippen molar-refractivity contribution < 1.29 is 23.1 Å². The van der Waals surface area contributed by atoms with E-state index in [4.69, 9.17) is 27.9 Å². The standard InChI is InChI=1S/C22H22Cl2F2N6O3/c1-11-4-13(16-5-15(23)6-17(24)20(16)35-10-18(25)26)7-27-19(11)12(2)29-22(34)31-30-21(33)14-8-28-32(3)9-14/h4-9,12,18H,10H2,1-3H3,(H,30,33)(H2,29,31,34)/t12-/m1/s1. The first-order valence-electron chi connectivity index (χ1n) is 10.3. The summed E-state index contributed by atoms with van der Waals surface area (Å²) >= 11 is 12.3. The number of hydrogen-bond acceptors (Lipinski definition) is 5. The lowest BCUT2D eigenvalue weighted by Gasteiger charge is -2.18. The second kappa shape index (κ2) is 11.3. The number of urea groups is 1. The normalized spacial score (nSPS) is 11.8. The molecule has 0 saturated carbocycles. The van der Waals surface area contributed by atoms with Crippen LogP contribution in [0.25, 0.3) is 11.1 Å². The molecule has 0 unspecified atom stereocenters. The van der Waals surface area contributed by atoms with Gasteiger partial charge in [-0.15, -0.1) is 0 Å². The molecule has 0 saturated heterocycles. The van der Waals surface area contributed by atoms with E-state index in [9.17, 15) is 18.4 Å². The molecule has 186 valence electrons. The van der Waals surface area contributed by atoms with Gasteiger partial charge in [-0.25, -0.2) is 19.0 Å². The Kier molecular flexibility index (Phi) is 8.47. The molecule has 0 bridgehead atoms. The quantitative estimate of drug-likeness (QED) is 0.394. The number of aromatic nitrogens is 3. The highest BCUT2D eigenvalue weighted by Crippen LogP contribution is 2.39. The summed E-state index contributed by atoms with van der Waals surface area (Å²) in [7, 11) is 1.66. The summed E-state index contributed by atoms with van der Waals surface area (Å²) in [4.78, 5) is 28.7. The number of hydrazine groups is 1. The molecule has 35 heavy (non-hydrogen) atoms. The Labute approximate surface area is 209 Å². The van der Waals surface area contributed by atoms with Crippen LogP contribution < -0.4 is 20.9 Å². The number of alkyl halides is 2. The highest BCUT2D eigenvalue weighted by atomic mass is 35.5. The van der Waals surface area contributed by atoms with Crippen LogP contribution in [0.1, 0.15) is 34.6 Å². The van der Waals surface area contributed by atoms with Crippen molar-refractivity contribution >= 4 is 35.1 Å². The summed E-state index contributed by atoms with van der Waals surface area (Å²) in [6, 6.07) is 3.52. The SMILES string of the molecule is Cc1cc(-c2cc(Cl)cc(Cl)c2OCC(F)F)cnc1[C@@H](C)NC(=O)NNC(=O)c1cnn(C)c1. The highest BCUT2D eigenvalue weighted by molar-refractivity contribution is 6.36. The Hall–Kier alpha value is -3.44. The average molecular weight is 527 g/mol. The smallest absolute Gasteiger partial charge is 0.334 e. The third-order valence-corrected chi connectivity index (χ3v) is 5.31. The highest BCUT2D eigenvalue weighted by Gasteiger charge is 2.19. The Morgan fingerprint density at radius 2 is 1.91 bits per heavy atom. The van der Waals surface area contributed by atoms with Crippen LogP contribution in [0.4, 0.5) is 13.6 Å². The van der Waals surface area contributed by atoms with Gasteiger partial charge in [0.05, 0.1) is 28.5 Å². The van der Waals surface area contributed by atoms with Gasteiger partial charge in [0.1, 0.15) is 12.4 Å². The Morgan fingerprint density at radius 1 is 1.17 bits per heavy atom. The van der Waals surface area contributed by atoms with E-state index in [2.05, 4.69) is 26.3 Å². The molecule has 0 aliphatic rings. The Balaban J connectivity index is 1.71. The molecule has 0 spiro atoms. The van der Waals surface area contributed by atoms with Crippen LogP contribution >= 0.6 is 23.2 Å². The van der Waals surface area contributed by atoms with Crippen molar-refractivity contribution in [2.45, 2.75) is 26.3 Å². The van der Waals surface area contributed by atoms with Crippen molar-refractivity contribution in [3.63, 3.8) is 0 Å². The van der Waals surface area contributed by atoms with Gasteiger partial charge in [0, 0.05) is 35.6 Å². The number of nitrogens with zero attached hydrogens (tertiary/aromatic N) is 3. The third-order valence-electron chi connectivity index (χ3n) is 4.81. The van der Waals surface area contributed by atoms with E-state index in [1.165, 1.54) is 29.3 Å². The lowest BCUT2D eigenvalue weighted by molar-refractivity contribution is 0.0822. The van der Waals surface area contributed by atoms with Crippen LogP contribution in [0.15, 0.2) is 36.8 Å². The molecule has 1 aromatic carbocycles. The van der Waals surface area contributed by atoms with Gasteiger partial charge in [0.2, 0.25) is 0 Å². The Morgan fingerprint density at radius 3 is 2.54 bits per heavy atom. The molecule has 2 heterocycles. The molecule has 1 atom stereocenters. The van der Waals surface area contributed by atoms with Crippen LogP contribution in [-0.2, 0) is 7.05 Å². The van der Waals surface area contributed by atoms with Crippen LogP contribution in [-0.4, -0.2) is 39.7 Å². The van der Waals surface area contributed by atoms with Gasteiger partial charge >= 0.3 is 6.03 Å². The number of hydrogen-bond donors (Lipinski definition) is 3. The molecule has 9 nitrogen and oxygen atoms in total. The number of nitrogens with one attached hydrogen (secondary N) is 3. The maximum Gasteiger partial charge on any atom is 0.334 e. The first-order valence-corrected chi connectivity index (χ1v) is 11.0. The fourth-order valence-corrected chi connectivity index (χ4v) is 3.83. The second-order valence-corrected chi connectivity index (χ2v) is 8.41. The van der Waals surface area contributed by atoms with Crippen LogP contribution in [0.2, 0.25) is 10.0 Å². The van der Waals surface area contributed by atoms with E-state index in [0.29, 0.717) is 27.4 Å². The van der Waals surface area contributed by atoms with Gasteiger partial charge in [0.15, 0.2) is 0 Å². The molecule has 3 N–H and O–H groups in total. The molecular weight excluding hydrogens is 505 g/mol. The Bertz CT molecular complexity index is 1240. The zero-order valence-electron chi connectivity index (χ0n) is 18.9. The van der Waals surface area contributed by atoms with Gasteiger partial charge in [0.25, 0.3) is 12.3 Å². The minimum absolute atomic E-state index is 0.0697. The fourth-order valence-electron chi connectivity index (χ4n) is 3.28. The summed E-state index contributed by atoms with van der Waals surface area (Å²) in [5, 5.41) is 6.95. The predicted molar refractivity (Wildman–Crippen MR) is 127 cm³/mol. The molecule has 0 aliphatic carbocycles. The first kappa shape index (κ1) is 26.2. The van der Waals surface area contributed by atoms with Crippen molar-refractivity contribution in [2.24, 2.45) is 7.05 Å². The van der Waals surface area contributed by atoms with Crippen molar-refractivity contribution in [3.8, 4) is 16.9 Å². The summed E-state index contributed by atoms with van der Waals surface area (Å²) in [5.74, 6) is -0.454. The van der Waals surface area contributed by atoms with Crippen molar-refractivity contribution in [1.82, 2.24) is 30.9 Å². The average Bonchev–Trinajstić information content (AvgIpc) is 3.22. The maximum atomic E-state index is 12.7. The fraction of sp³-hybridized carbons (Fsp3) is 0.273. The molecule has 13 heteroatoms. The van der Waals surface area contributed by atoms with Crippen LogP contribution in [0.5, 0.6) is 5.75 Å². The first-order chi connectivity index (χ1) is 16.5. The summed E-state index contributed by atoms with van der Waals surface area (Å²) in [6.45, 7) is 2.66. The number of aryl methyl sites for hydroxylation is 2. The van der Waals surface area contributed by atoms with Gasteiger partial charge in [-0.1, -0.05) is 23.2 Å². The number of carbonyl (C=O) groups excluding carboxylic acids is 2. The van der Waals surface area contributed by atoms with E-state index in [1.807, 2.05) is 0 Å². The number of benzene rings is 1. The monoisotopic (exact) mass is 526 g/mol. The summed E-state index contributed by atoms with van der Waals surface area (Å²) < 4.78 is 32.1. The molecule has 2 aromatic heterocycles. The van der Waals surface area contributed by atoms with E-state index in [0.717, 1.165) is 0 Å². The molecular formula is C22H22Cl2F2N6O3. The largest absolute Gasteiger partial charge is 0.485 e. The number of ether oxygens (including phenoxy) is 1. The predicted octanol–water partition coefficient (Wildman–Crippen LogP) is 4.45. The summed E-state index contributed by atoms with van der Waals surface area (Å²) in [5.41, 5.74) is 7.03. The number of amides is 3. The molecule has 0 fully saturated rings. The van der Waals surface area contributed by atoms with Gasteiger partial charge in [-0.05, 0) is 37.6 Å². The molecule has 3 aromatic rings. The number of pyridine rings is 1. The van der Waals surface area contributed by atoms with E-state index < -0.39 is 31.0 Å². The van der Waals surface area contributed by atoms with Crippen molar-refractivity contribution in [2.75, 3.05) is 6.61 Å². The summed E-state index contributed by atoms with van der Waals surface area (Å²) in [6.07, 6.45) is 1.69. The third kappa shape index (κ3) is 6.80. The zero-order chi connectivity index (χ0) is 25.7. The lowest BCUT2D eigenvalue weighted by Crippen LogP contribution is -2.47. The number of halogens is 4. The molecule has 3 rings (SSSR count). The van der Waals surface area contributed by atoms with Gasteiger partial charge in [-0.2, -0.15) is 5.10 Å². The van der Waals surface area contributed by atoms with E-state index in [1.54, 1.807) is 33.0 Å². The topological polar surface area (TPSA) is 110 Å². The van der Waals surface area contributed by atoms with Crippen LogP contribution in [0.3, 0.4) is 0 Å². The number of carbonyl (C=O) groups is 2. The van der Waals surface area contributed by atoms with Gasteiger partial charge in [-0.3, -0.25) is 19.9 Å². The minimum atomic E-state index is -2.68. The second-order valence-electron chi connectivity index (χ2n) is 7.57. The van der Waals surface area contributed by atoms with Crippen molar-refractivity contribution in [1.29, 1.82) is 0 Å². The van der Waals surface area contributed by atoms with E-state index in [-0.39, 0.29) is 16.3 Å². The molecule has 3 amide bonds. The van der Waals surface area contributed by atoms with Crippen LogP contribution in [0, 0.1) is 6.92 Å². The van der Waals surface area contributed by atoms with Gasteiger partial charge < -0.3 is 10.1 Å². The lowest BCUT2D eigenvalue weighted by atomic mass is 10.0. The molecule has 0 radical (unpaired) electrons. The molecule has 0 aliphatic heterocycles. The van der Waals surface area contributed by atoms with Crippen molar-refractivity contribution in [3.05, 3.63) is 63.7 Å².